The highest BCUT2D eigenvalue weighted by molar-refractivity contribution is 5.79. The van der Waals surface area contributed by atoms with Gasteiger partial charge in [0.25, 0.3) is 5.56 Å². The van der Waals surface area contributed by atoms with Crippen LogP contribution in [0.25, 0.3) is 10.9 Å². The van der Waals surface area contributed by atoms with E-state index in [0.29, 0.717) is 11.4 Å². The zero-order valence-corrected chi connectivity index (χ0v) is 22.2. The van der Waals surface area contributed by atoms with Gasteiger partial charge >= 0.3 is 0 Å². The van der Waals surface area contributed by atoms with E-state index in [1.165, 1.54) is 0 Å². The summed E-state index contributed by atoms with van der Waals surface area (Å²) in [5.74, 6) is 1.54. The Balaban J connectivity index is 1.53. The zero-order valence-electron chi connectivity index (χ0n) is 22.2. The van der Waals surface area contributed by atoms with Crippen molar-refractivity contribution in [2.45, 2.75) is 45.7 Å². The van der Waals surface area contributed by atoms with Crippen LogP contribution in [0.5, 0.6) is 5.75 Å². The Hall–Kier alpha value is -3.72. The fourth-order valence-corrected chi connectivity index (χ4v) is 5.01. The van der Waals surface area contributed by atoms with Crippen LogP contribution in [-0.2, 0) is 5.54 Å². The molecule has 37 heavy (non-hydrogen) atoms. The highest BCUT2D eigenvalue weighted by Gasteiger charge is 2.35. The molecule has 0 radical (unpaired) electrons. The molecular formula is C28H35N7O2. The molecule has 1 saturated heterocycles. The molecule has 1 unspecified atom stereocenters. The first-order valence-corrected chi connectivity index (χ1v) is 12.9. The predicted molar refractivity (Wildman–Crippen MR) is 145 cm³/mol. The average molecular weight is 502 g/mol. The number of hydrogen-bond acceptors (Lipinski definition) is 7. The number of nitrogens with one attached hydrogen (secondary N) is 1. The number of tetrazole rings is 1. The van der Waals surface area contributed by atoms with Gasteiger partial charge in [0.1, 0.15) is 11.8 Å². The van der Waals surface area contributed by atoms with Crippen molar-refractivity contribution in [3.63, 3.8) is 0 Å². The second-order valence-corrected chi connectivity index (χ2v) is 10.4. The summed E-state index contributed by atoms with van der Waals surface area (Å²) < 4.78 is 7.21. The first kappa shape index (κ1) is 25.0. The molecule has 2 aromatic carbocycles. The van der Waals surface area contributed by atoms with Gasteiger partial charge < -0.3 is 14.6 Å². The lowest BCUT2D eigenvalue weighted by Crippen LogP contribution is -2.49. The minimum Gasteiger partial charge on any atom is -0.497 e. The normalized spacial score (nSPS) is 15.8. The number of piperazine rings is 1. The third-order valence-corrected chi connectivity index (χ3v) is 7.62. The molecule has 0 bridgehead atoms. The number of ether oxygens (including phenoxy) is 1. The van der Waals surface area contributed by atoms with E-state index in [-0.39, 0.29) is 17.1 Å². The number of nitrogens with zero attached hydrogens (tertiary/aromatic N) is 6. The summed E-state index contributed by atoms with van der Waals surface area (Å²) in [5, 5.41) is 13.9. The SMILES string of the molecule is CCC(C)(C)n1nnnc1C(c1cc2ccc(C)cc2[nH]c1=O)N1CCN(c2ccc(OC)cc2)CC1. The number of methoxy groups -OCH3 is 1. The van der Waals surface area contributed by atoms with E-state index in [2.05, 4.69) is 75.3 Å². The van der Waals surface area contributed by atoms with Gasteiger partial charge in [-0.1, -0.05) is 19.1 Å². The summed E-state index contributed by atoms with van der Waals surface area (Å²) in [6, 6.07) is 15.9. The minimum atomic E-state index is -0.367. The fourth-order valence-electron chi connectivity index (χ4n) is 5.01. The predicted octanol–water partition coefficient (Wildman–Crippen LogP) is 3.89. The van der Waals surface area contributed by atoms with Gasteiger partial charge in [-0.15, -0.1) is 5.10 Å². The number of anilines is 1. The zero-order chi connectivity index (χ0) is 26.2. The van der Waals surface area contributed by atoms with E-state index in [1.807, 2.05) is 35.9 Å². The number of aromatic nitrogens is 5. The second-order valence-electron chi connectivity index (χ2n) is 10.4. The van der Waals surface area contributed by atoms with E-state index in [9.17, 15) is 4.79 Å². The van der Waals surface area contributed by atoms with E-state index < -0.39 is 0 Å². The van der Waals surface area contributed by atoms with Gasteiger partial charge in [0.15, 0.2) is 5.82 Å². The Bertz CT molecular complexity index is 1430. The summed E-state index contributed by atoms with van der Waals surface area (Å²) in [5.41, 5.74) is 3.37. The number of aromatic amines is 1. The van der Waals surface area contributed by atoms with E-state index >= 15 is 0 Å². The monoisotopic (exact) mass is 501 g/mol. The van der Waals surface area contributed by atoms with Gasteiger partial charge in [0.2, 0.25) is 0 Å². The van der Waals surface area contributed by atoms with Crippen LogP contribution in [0.2, 0.25) is 0 Å². The number of fused-ring (bicyclic) bond motifs is 1. The van der Waals surface area contributed by atoms with Gasteiger partial charge in [0, 0.05) is 42.9 Å². The Morgan fingerprint density at radius 2 is 1.78 bits per heavy atom. The molecule has 0 aliphatic carbocycles. The molecule has 0 spiro atoms. The van der Waals surface area contributed by atoms with E-state index in [1.54, 1.807) is 7.11 Å². The molecule has 1 fully saturated rings. The number of benzene rings is 2. The minimum absolute atomic E-state index is 0.107. The van der Waals surface area contributed by atoms with Gasteiger partial charge in [-0.05, 0) is 85.0 Å². The van der Waals surface area contributed by atoms with Gasteiger partial charge in [-0.3, -0.25) is 9.69 Å². The van der Waals surface area contributed by atoms with E-state index in [0.717, 1.165) is 60.5 Å². The highest BCUT2D eigenvalue weighted by Crippen LogP contribution is 2.32. The number of aryl methyl sites for hydroxylation is 1. The lowest BCUT2D eigenvalue weighted by atomic mass is 9.98. The molecule has 1 aliphatic heterocycles. The first-order valence-electron chi connectivity index (χ1n) is 12.9. The maximum atomic E-state index is 13.5. The molecule has 194 valence electrons. The first-order chi connectivity index (χ1) is 17.8. The molecule has 5 rings (SSSR count). The Kier molecular flexibility index (Phi) is 6.72. The molecule has 1 N–H and O–H groups in total. The maximum absolute atomic E-state index is 13.5. The molecule has 1 aliphatic rings. The number of pyridine rings is 1. The molecule has 0 saturated carbocycles. The van der Waals surface area contributed by atoms with Crippen LogP contribution in [0.3, 0.4) is 0 Å². The summed E-state index contributed by atoms with van der Waals surface area (Å²) in [6.45, 7) is 11.6. The van der Waals surface area contributed by atoms with Crippen molar-refractivity contribution in [1.82, 2.24) is 30.1 Å². The van der Waals surface area contributed by atoms with E-state index in [4.69, 9.17) is 4.74 Å². The largest absolute Gasteiger partial charge is 0.497 e. The lowest BCUT2D eigenvalue weighted by molar-refractivity contribution is 0.186. The smallest absolute Gasteiger partial charge is 0.253 e. The van der Waals surface area contributed by atoms with Crippen molar-refractivity contribution in [3.8, 4) is 5.75 Å². The number of H-pyrrole nitrogens is 1. The fraction of sp³-hybridized carbons (Fsp3) is 0.429. The molecule has 9 heteroatoms. The molecule has 9 nitrogen and oxygen atoms in total. The summed E-state index contributed by atoms with van der Waals surface area (Å²) in [7, 11) is 1.68. The van der Waals surface area contributed by atoms with Crippen molar-refractivity contribution in [1.29, 1.82) is 0 Å². The summed E-state index contributed by atoms with van der Waals surface area (Å²) in [4.78, 5) is 21.3. The summed E-state index contributed by atoms with van der Waals surface area (Å²) in [6.07, 6.45) is 0.858. The molecule has 0 amide bonds. The van der Waals surface area contributed by atoms with Crippen LogP contribution >= 0.6 is 0 Å². The standard InChI is InChI=1S/C28H35N7O2/c1-6-28(3,4)35-26(30-31-32-35)25(23-18-20-8-7-19(2)17-24(20)29-27(23)36)34-15-13-33(14-16-34)21-9-11-22(37-5)12-10-21/h7-12,17-18,25H,6,13-16H2,1-5H3,(H,29,36). The van der Waals surface area contributed by atoms with Crippen molar-refractivity contribution >= 4 is 16.6 Å². The third kappa shape index (κ3) is 4.83. The van der Waals surface area contributed by atoms with Crippen molar-refractivity contribution < 1.29 is 4.74 Å². The quantitative estimate of drug-likeness (QED) is 0.411. The second kappa shape index (κ2) is 9.97. The van der Waals surface area contributed by atoms with Crippen molar-refractivity contribution in [2.24, 2.45) is 0 Å². The Labute approximate surface area is 217 Å². The Morgan fingerprint density at radius 1 is 1.05 bits per heavy atom. The molecular weight excluding hydrogens is 466 g/mol. The van der Waals surface area contributed by atoms with Gasteiger partial charge in [-0.2, -0.15) is 0 Å². The lowest BCUT2D eigenvalue weighted by Gasteiger charge is -2.40. The van der Waals surface area contributed by atoms with Crippen LogP contribution in [0.4, 0.5) is 5.69 Å². The maximum Gasteiger partial charge on any atom is 0.253 e. The highest BCUT2D eigenvalue weighted by atomic mass is 16.5. The van der Waals surface area contributed by atoms with Crippen molar-refractivity contribution in [2.75, 3.05) is 38.2 Å². The molecule has 3 heterocycles. The van der Waals surface area contributed by atoms with Gasteiger partial charge in [-0.25, -0.2) is 4.68 Å². The number of rotatable bonds is 7. The topological polar surface area (TPSA) is 92.2 Å². The molecule has 2 aromatic heterocycles. The van der Waals surface area contributed by atoms with Crippen LogP contribution in [0.15, 0.2) is 53.3 Å². The average Bonchev–Trinajstić information content (AvgIpc) is 3.40. The van der Waals surface area contributed by atoms with Crippen LogP contribution in [-0.4, -0.2) is 63.4 Å². The Morgan fingerprint density at radius 3 is 2.46 bits per heavy atom. The van der Waals surface area contributed by atoms with Crippen molar-refractivity contribution in [3.05, 3.63) is 75.8 Å². The van der Waals surface area contributed by atoms with Crippen LogP contribution in [0.1, 0.15) is 50.2 Å². The third-order valence-electron chi connectivity index (χ3n) is 7.62. The summed E-state index contributed by atoms with van der Waals surface area (Å²) >= 11 is 0. The molecule has 1 atom stereocenters. The van der Waals surface area contributed by atoms with Gasteiger partial charge in [0.05, 0.1) is 12.6 Å². The number of hydrogen-bond donors (Lipinski definition) is 1. The van der Waals surface area contributed by atoms with Crippen LogP contribution in [0, 0.1) is 6.92 Å². The van der Waals surface area contributed by atoms with Crippen LogP contribution < -0.4 is 15.2 Å². The molecule has 4 aromatic rings.